The summed E-state index contributed by atoms with van der Waals surface area (Å²) in [5.74, 6) is 0.569. The van der Waals surface area contributed by atoms with Crippen LogP contribution in [0.15, 0.2) is 33.9 Å². The number of hydrogen-bond acceptors (Lipinski definition) is 4. The number of hydrogen-bond donors (Lipinski definition) is 1. The van der Waals surface area contributed by atoms with E-state index in [0.29, 0.717) is 11.5 Å². The molecule has 27 heavy (non-hydrogen) atoms. The van der Waals surface area contributed by atoms with E-state index < -0.39 is 0 Å². The van der Waals surface area contributed by atoms with Gasteiger partial charge in [0, 0.05) is 21.7 Å². The lowest BCUT2D eigenvalue weighted by Crippen LogP contribution is -2.31. The first-order valence-electron chi connectivity index (χ1n) is 9.44. The number of rotatable bonds is 2. The molecule has 1 aliphatic carbocycles. The number of aromatic nitrogens is 2. The molecule has 5 nitrogen and oxygen atoms in total. The molecule has 1 aromatic carbocycles. The van der Waals surface area contributed by atoms with Crippen LogP contribution in [0.4, 0.5) is 5.82 Å². The van der Waals surface area contributed by atoms with Crippen LogP contribution in [0.2, 0.25) is 0 Å². The predicted octanol–water partition coefficient (Wildman–Crippen LogP) is 5.37. The highest BCUT2D eigenvalue weighted by molar-refractivity contribution is 9.10. The Morgan fingerprint density at radius 1 is 1.07 bits per heavy atom. The van der Waals surface area contributed by atoms with Crippen LogP contribution in [0.5, 0.6) is 0 Å². The number of fused-ring (bicyclic) bond motifs is 1. The summed E-state index contributed by atoms with van der Waals surface area (Å²) in [6.07, 6.45) is 8.85. The topological polar surface area (TPSA) is 88.6 Å². The summed E-state index contributed by atoms with van der Waals surface area (Å²) in [4.78, 5) is 4.87. The van der Waals surface area contributed by atoms with Gasteiger partial charge in [-0.05, 0) is 46.3 Å². The Labute approximate surface area is 167 Å². The van der Waals surface area contributed by atoms with Gasteiger partial charge in [-0.25, -0.2) is 4.99 Å². The number of nitrogens with one attached hydrogen (secondary N) is 1. The quantitative estimate of drug-likeness (QED) is 0.660. The van der Waals surface area contributed by atoms with Crippen molar-refractivity contribution >= 4 is 27.5 Å². The Balaban J connectivity index is 1.84. The highest BCUT2D eigenvalue weighted by Crippen LogP contribution is 2.46. The Kier molecular flexibility index (Phi) is 5.09. The van der Waals surface area contributed by atoms with E-state index in [1.807, 2.05) is 12.1 Å². The number of aliphatic imine (C=N–C) groups is 1. The minimum absolute atomic E-state index is 0.179. The molecule has 1 aliphatic heterocycles. The Bertz CT molecular complexity index is 954. The van der Waals surface area contributed by atoms with Crippen LogP contribution in [0, 0.1) is 34.5 Å². The molecule has 6 heteroatoms. The Hall–Kier alpha value is -2.44. The number of halogens is 1. The predicted molar refractivity (Wildman–Crippen MR) is 107 cm³/mol. The molecule has 2 heterocycles. The van der Waals surface area contributed by atoms with Gasteiger partial charge in [0.15, 0.2) is 5.82 Å². The lowest BCUT2D eigenvalue weighted by Gasteiger charge is -2.31. The third kappa shape index (κ3) is 3.19. The molecular formula is C21H20BrN5. The largest absolute Gasteiger partial charge is 0.261 e. The smallest absolute Gasteiger partial charge is 0.151 e. The van der Waals surface area contributed by atoms with Gasteiger partial charge in [0.25, 0.3) is 0 Å². The first kappa shape index (κ1) is 17.9. The summed E-state index contributed by atoms with van der Waals surface area (Å²) >= 11 is 3.60. The molecule has 1 fully saturated rings. The Morgan fingerprint density at radius 3 is 2.56 bits per heavy atom. The molecule has 1 N–H and O–H groups in total. The second kappa shape index (κ2) is 7.66. The number of benzene rings is 1. The highest BCUT2D eigenvalue weighted by Gasteiger charge is 2.39. The van der Waals surface area contributed by atoms with E-state index in [1.165, 1.54) is 25.7 Å². The van der Waals surface area contributed by atoms with Crippen LogP contribution >= 0.6 is 15.9 Å². The van der Waals surface area contributed by atoms with Gasteiger partial charge in [0.1, 0.15) is 6.07 Å². The van der Waals surface area contributed by atoms with E-state index in [-0.39, 0.29) is 11.8 Å². The third-order valence-electron chi connectivity index (χ3n) is 5.77. The zero-order valence-electron chi connectivity index (χ0n) is 15.0. The van der Waals surface area contributed by atoms with Crippen LogP contribution in [-0.4, -0.2) is 15.9 Å². The summed E-state index contributed by atoms with van der Waals surface area (Å²) in [7, 11) is 0. The summed E-state index contributed by atoms with van der Waals surface area (Å²) in [6, 6.07) is 10.4. The van der Waals surface area contributed by atoms with Crippen LogP contribution in [-0.2, 0) is 0 Å². The molecule has 0 amide bonds. The molecule has 0 spiro atoms. The standard InChI is InChI=1S/C21H20BrN5/c22-19-14(10-23)8-5-9-15(19)18-16(11-24)20(13-6-3-1-2-4-7-13)26-21-17(18)12-25-27-21/h5,8-9,12-13,16,18H,1-4,6-7H2,(H,25,27). The molecule has 2 atom stereocenters. The van der Waals surface area contributed by atoms with Crippen LogP contribution in [0.25, 0.3) is 0 Å². The molecule has 2 aromatic rings. The monoisotopic (exact) mass is 421 g/mol. The van der Waals surface area contributed by atoms with E-state index in [1.54, 1.807) is 12.3 Å². The molecule has 1 aromatic heterocycles. The molecule has 0 radical (unpaired) electrons. The second-order valence-corrected chi connectivity index (χ2v) is 8.10. The lowest BCUT2D eigenvalue weighted by atomic mass is 9.73. The van der Waals surface area contributed by atoms with Gasteiger partial charge in [-0.1, -0.05) is 37.8 Å². The molecule has 2 aliphatic rings. The summed E-state index contributed by atoms with van der Waals surface area (Å²) in [5, 5.41) is 26.8. The lowest BCUT2D eigenvalue weighted by molar-refractivity contribution is 0.552. The average Bonchev–Trinajstić information content (AvgIpc) is 2.99. The van der Waals surface area contributed by atoms with Gasteiger partial charge in [-0.3, -0.25) is 5.10 Å². The molecule has 0 saturated heterocycles. The zero-order chi connectivity index (χ0) is 18.8. The summed E-state index contributed by atoms with van der Waals surface area (Å²) in [6.45, 7) is 0. The Morgan fingerprint density at radius 2 is 1.85 bits per heavy atom. The van der Waals surface area contributed by atoms with Crippen molar-refractivity contribution in [3.8, 4) is 12.1 Å². The van der Waals surface area contributed by atoms with E-state index in [0.717, 1.165) is 40.0 Å². The maximum absolute atomic E-state index is 10.1. The van der Waals surface area contributed by atoms with Crippen molar-refractivity contribution in [2.45, 2.75) is 44.4 Å². The fourth-order valence-corrected chi connectivity index (χ4v) is 5.04. The number of nitrogens with zero attached hydrogens (tertiary/aromatic N) is 4. The molecule has 2 unspecified atom stereocenters. The van der Waals surface area contributed by atoms with Crippen molar-refractivity contribution in [2.75, 3.05) is 0 Å². The number of H-pyrrole nitrogens is 1. The fraction of sp³-hybridized carbons (Fsp3) is 0.429. The molecule has 0 bridgehead atoms. The van der Waals surface area contributed by atoms with Gasteiger partial charge in [-0.2, -0.15) is 15.6 Å². The SMILES string of the molecule is N#Cc1cccc(C2c3cn[nH]c3N=C(C3CCCCCC3)C2C#N)c1Br. The summed E-state index contributed by atoms with van der Waals surface area (Å²) in [5.41, 5.74) is 3.43. The van der Waals surface area contributed by atoms with Gasteiger partial charge < -0.3 is 0 Å². The highest BCUT2D eigenvalue weighted by atomic mass is 79.9. The van der Waals surface area contributed by atoms with Crippen LogP contribution in [0.3, 0.4) is 0 Å². The van der Waals surface area contributed by atoms with E-state index in [4.69, 9.17) is 4.99 Å². The van der Waals surface area contributed by atoms with E-state index in [9.17, 15) is 10.5 Å². The van der Waals surface area contributed by atoms with Crippen molar-refractivity contribution in [3.63, 3.8) is 0 Å². The van der Waals surface area contributed by atoms with Gasteiger partial charge in [0.05, 0.1) is 23.7 Å². The van der Waals surface area contributed by atoms with Crippen molar-refractivity contribution in [1.82, 2.24) is 10.2 Å². The first-order chi connectivity index (χ1) is 13.2. The third-order valence-corrected chi connectivity index (χ3v) is 6.66. The van der Waals surface area contributed by atoms with E-state index >= 15 is 0 Å². The van der Waals surface area contributed by atoms with Crippen molar-refractivity contribution in [3.05, 3.63) is 45.6 Å². The molecule has 4 rings (SSSR count). The maximum Gasteiger partial charge on any atom is 0.151 e. The first-order valence-corrected chi connectivity index (χ1v) is 10.2. The second-order valence-electron chi connectivity index (χ2n) is 7.30. The molecule has 136 valence electrons. The maximum atomic E-state index is 10.1. The minimum Gasteiger partial charge on any atom is -0.261 e. The average molecular weight is 422 g/mol. The van der Waals surface area contributed by atoms with E-state index in [2.05, 4.69) is 38.3 Å². The van der Waals surface area contributed by atoms with Crippen molar-refractivity contribution < 1.29 is 0 Å². The normalized spacial score (nSPS) is 22.9. The van der Waals surface area contributed by atoms with Gasteiger partial charge >= 0.3 is 0 Å². The van der Waals surface area contributed by atoms with Crippen LogP contribution < -0.4 is 0 Å². The minimum atomic E-state index is -0.344. The van der Waals surface area contributed by atoms with Crippen molar-refractivity contribution in [1.29, 1.82) is 10.5 Å². The van der Waals surface area contributed by atoms with Crippen LogP contribution in [0.1, 0.15) is 61.1 Å². The number of nitriles is 2. The van der Waals surface area contributed by atoms with Crippen molar-refractivity contribution in [2.24, 2.45) is 16.8 Å². The molecular weight excluding hydrogens is 402 g/mol. The summed E-state index contributed by atoms with van der Waals surface area (Å²) < 4.78 is 0.756. The molecule has 1 saturated carbocycles. The van der Waals surface area contributed by atoms with Gasteiger partial charge in [-0.15, -0.1) is 0 Å². The number of aromatic amines is 1. The fourth-order valence-electron chi connectivity index (χ4n) is 4.44. The van der Waals surface area contributed by atoms with Gasteiger partial charge in [0.2, 0.25) is 0 Å². The zero-order valence-corrected chi connectivity index (χ0v) is 16.5.